The average molecular weight is 418 g/mol. The number of aryl methyl sites for hydroxylation is 1. The van der Waals surface area contributed by atoms with E-state index in [1.165, 1.54) is 0 Å². The molecular formula is C19H25F3N2O5. The van der Waals surface area contributed by atoms with E-state index in [1.807, 2.05) is 30.3 Å². The Balaban J connectivity index is 2.32. The summed E-state index contributed by atoms with van der Waals surface area (Å²) >= 11 is 0. The highest BCUT2D eigenvalue weighted by molar-refractivity contribution is 5.68. The summed E-state index contributed by atoms with van der Waals surface area (Å²) in [5.41, 5.74) is -0.164. The Kier molecular flexibility index (Phi) is 6.99. The number of carbonyl (C=O) groups is 2. The number of alkyl halides is 3. The minimum absolute atomic E-state index is 0.110. The molecule has 2 N–H and O–H groups in total. The summed E-state index contributed by atoms with van der Waals surface area (Å²) in [5, 5.41) is 18.7. The molecular weight excluding hydrogens is 393 g/mol. The minimum atomic E-state index is -5.00. The Hall–Kier alpha value is -2.49. The third-order valence-corrected chi connectivity index (χ3v) is 5.22. The SMILES string of the molecule is CC(C)(CCc1ccccc1)[C@H](OC(F)(F)F)[C@@H]1CN(C(=O)O)CCN1C(=O)O. The number of nitrogens with zero attached hydrogens (tertiary/aromatic N) is 2. The Morgan fingerprint density at radius 2 is 1.76 bits per heavy atom. The fourth-order valence-corrected chi connectivity index (χ4v) is 3.64. The molecule has 0 unspecified atom stereocenters. The maximum absolute atomic E-state index is 13.2. The van der Waals surface area contributed by atoms with Gasteiger partial charge in [0.1, 0.15) is 0 Å². The first kappa shape index (κ1) is 22.8. The highest BCUT2D eigenvalue weighted by atomic mass is 19.4. The number of carboxylic acid groups (broad SMARTS) is 2. The van der Waals surface area contributed by atoms with Crippen molar-refractivity contribution >= 4 is 12.2 Å². The van der Waals surface area contributed by atoms with Crippen molar-refractivity contribution in [1.82, 2.24) is 9.80 Å². The average Bonchev–Trinajstić information content (AvgIpc) is 2.64. The topological polar surface area (TPSA) is 90.3 Å². The number of amides is 2. The van der Waals surface area contributed by atoms with Crippen LogP contribution in [0.2, 0.25) is 0 Å². The first-order valence-corrected chi connectivity index (χ1v) is 9.16. The van der Waals surface area contributed by atoms with Crippen molar-refractivity contribution in [1.29, 1.82) is 0 Å². The van der Waals surface area contributed by atoms with Crippen molar-refractivity contribution in [2.75, 3.05) is 19.6 Å². The van der Waals surface area contributed by atoms with Crippen molar-refractivity contribution < 1.29 is 37.7 Å². The van der Waals surface area contributed by atoms with E-state index in [1.54, 1.807) is 13.8 Å². The number of piperazine rings is 1. The lowest BCUT2D eigenvalue weighted by Gasteiger charge is -2.47. The van der Waals surface area contributed by atoms with Gasteiger partial charge in [-0.3, -0.25) is 9.64 Å². The van der Waals surface area contributed by atoms with E-state index in [9.17, 15) is 33.0 Å². The van der Waals surface area contributed by atoms with Crippen molar-refractivity contribution in [2.45, 2.75) is 45.2 Å². The van der Waals surface area contributed by atoms with Gasteiger partial charge < -0.3 is 15.1 Å². The zero-order chi connectivity index (χ0) is 21.8. The molecule has 2 atom stereocenters. The van der Waals surface area contributed by atoms with Crippen LogP contribution in [0.4, 0.5) is 22.8 Å². The van der Waals surface area contributed by atoms with Gasteiger partial charge in [-0.1, -0.05) is 44.2 Å². The molecule has 1 aliphatic heterocycles. The Labute approximate surface area is 166 Å². The molecule has 0 aromatic heterocycles. The molecule has 1 aromatic carbocycles. The molecule has 7 nitrogen and oxygen atoms in total. The van der Waals surface area contributed by atoms with Gasteiger partial charge in [0.2, 0.25) is 0 Å². The third-order valence-electron chi connectivity index (χ3n) is 5.22. The predicted molar refractivity (Wildman–Crippen MR) is 97.6 cm³/mol. The molecule has 1 heterocycles. The summed E-state index contributed by atoms with van der Waals surface area (Å²) in [6.07, 6.45) is -8.54. The number of hydrogen-bond donors (Lipinski definition) is 2. The van der Waals surface area contributed by atoms with Crippen LogP contribution >= 0.6 is 0 Å². The number of ether oxygens (including phenoxy) is 1. The minimum Gasteiger partial charge on any atom is -0.465 e. The zero-order valence-corrected chi connectivity index (χ0v) is 16.2. The van der Waals surface area contributed by atoms with E-state index in [2.05, 4.69) is 4.74 Å². The number of halogens is 3. The number of benzene rings is 1. The quantitative estimate of drug-likeness (QED) is 0.732. The molecule has 0 radical (unpaired) electrons. The fourth-order valence-electron chi connectivity index (χ4n) is 3.64. The highest BCUT2D eigenvalue weighted by Crippen LogP contribution is 2.38. The summed E-state index contributed by atoms with van der Waals surface area (Å²) in [6.45, 7) is 2.43. The van der Waals surface area contributed by atoms with Crippen molar-refractivity contribution in [3.05, 3.63) is 35.9 Å². The molecule has 2 amide bonds. The summed E-state index contributed by atoms with van der Waals surface area (Å²) < 4.78 is 44.1. The number of rotatable bonds is 6. The molecule has 2 rings (SSSR count). The van der Waals surface area contributed by atoms with Gasteiger partial charge in [0.05, 0.1) is 12.1 Å². The van der Waals surface area contributed by atoms with E-state index in [-0.39, 0.29) is 19.5 Å². The normalized spacial score (nSPS) is 19.1. The van der Waals surface area contributed by atoms with Gasteiger partial charge in [-0.25, -0.2) is 9.59 Å². The van der Waals surface area contributed by atoms with Crippen LogP contribution in [0.1, 0.15) is 25.8 Å². The smallest absolute Gasteiger partial charge is 0.465 e. The van der Waals surface area contributed by atoms with Crippen LogP contribution in [-0.4, -0.2) is 70.3 Å². The molecule has 0 aliphatic carbocycles. The molecule has 10 heteroatoms. The first-order valence-electron chi connectivity index (χ1n) is 9.16. The van der Waals surface area contributed by atoms with Crippen LogP contribution < -0.4 is 0 Å². The number of hydrogen-bond acceptors (Lipinski definition) is 3. The Morgan fingerprint density at radius 1 is 1.14 bits per heavy atom. The summed E-state index contributed by atoms with van der Waals surface area (Å²) in [6, 6.07) is 7.90. The standard InChI is InChI=1S/C19H25F3N2O5/c1-18(2,9-8-13-6-4-3-5-7-13)15(29-19(20,21)22)14-12-23(16(25)26)10-11-24(14)17(27)28/h3-7,14-15H,8-12H2,1-2H3,(H,25,26)(H,27,28)/t14-,15+/m0/s1. The monoisotopic (exact) mass is 418 g/mol. The van der Waals surface area contributed by atoms with Gasteiger partial charge >= 0.3 is 18.5 Å². The van der Waals surface area contributed by atoms with E-state index < -0.39 is 42.7 Å². The molecule has 0 saturated carbocycles. The molecule has 162 valence electrons. The van der Waals surface area contributed by atoms with Gasteiger partial charge in [0, 0.05) is 19.6 Å². The molecule has 1 aromatic rings. The van der Waals surface area contributed by atoms with Crippen LogP contribution in [0.25, 0.3) is 0 Å². The van der Waals surface area contributed by atoms with Crippen LogP contribution in [0.15, 0.2) is 30.3 Å². The fraction of sp³-hybridized carbons (Fsp3) is 0.579. The molecule has 0 bridgehead atoms. The van der Waals surface area contributed by atoms with Crippen molar-refractivity contribution in [3.8, 4) is 0 Å². The maximum atomic E-state index is 13.2. The van der Waals surface area contributed by atoms with Crippen LogP contribution in [0.3, 0.4) is 0 Å². The maximum Gasteiger partial charge on any atom is 0.522 e. The largest absolute Gasteiger partial charge is 0.522 e. The lowest BCUT2D eigenvalue weighted by molar-refractivity contribution is -0.361. The second-order valence-corrected chi connectivity index (χ2v) is 7.73. The second kappa shape index (κ2) is 8.89. The van der Waals surface area contributed by atoms with Gasteiger partial charge in [-0.15, -0.1) is 13.2 Å². The van der Waals surface area contributed by atoms with E-state index >= 15 is 0 Å². The summed E-state index contributed by atoms with van der Waals surface area (Å²) in [5.74, 6) is 0. The molecule has 29 heavy (non-hydrogen) atoms. The molecule has 1 saturated heterocycles. The van der Waals surface area contributed by atoms with Gasteiger partial charge in [-0.2, -0.15) is 0 Å². The van der Waals surface area contributed by atoms with Crippen LogP contribution in [-0.2, 0) is 11.2 Å². The first-order chi connectivity index (χ1) is 13.4. The zero-order valence-electron chi connectivity index (χ0n) is 16.2. The van der Waals surface area contributed by atoms with Gasteiger partial charge in [0.25, 0.3) is 0 Å². The highest BCUT2D eigenvalue weighted by Gasteiger charge is 2.49. The molecule has 0 spiro atoms. The molecule has 1 fully saturated rings. The predicted octanol–water partition coefficient (Wildman–Crippen LogP) is 3.89. The van der Waals surface area contributed by atoms with Crippen molar-refractivity contribution in [3.63, 3.8) is 0 Å². The van der Waals surface area contributed by atoms with Gasteiger partial charge in [-0.05, 0) is 23.8 Å². The van der Waals surface area contributed by atoms with Crippen LogP contribution in [0, 0.1) is 5.41 Å². The Bertz CT molecular complexity index is 712. The van der Waals surface area contributed by atoms with Crippen LogP contribution in [0.5, 0.6) is 0 Å². The third kappa shape index (κ3) is 6.25. The lowest BCUT2D eigenvalue weighted by Crippen LogP contribution is -2.63. The Morgan fingerprint density at radius 3 is 2.28 bits per heavy atom. The lowest BCUT2D eigenvalue weighted by atomic mass is 9.77. The summed E-state index contributed by atoms with van der Waals surface area (Å²) in [7, 11) is 0. The summed E-state index contributed by atoms with van der Waals surface area (Å²) in [4.78, 5) is 24.8. The second-order valence-electron chi connectivity index (χ2n) is 7.73. The van der Waals surface area contributed by atoms with E-state index in [4.69, 9.17) is 0 Å². The van der Waals surface area contributed by atoms with E-state index in [0.717, 1.165) is 15.4 Å². The molecule has 1 aliphatic rings. The van der Waals surface area contributed by atoms with Crippen molar-refractivity contribution in [2.24, 2.45) is 5.41 Å². The van der Waals surface area contributed by atoms with E-state index in [0.29, 0.717) is 6.42 Å². The van der Waals surface area contributed by atoms with Gasteiger partial charge in [0.15, 0.2) is 0 Å².